The lowest BCUT2D eigenvalue weighted by Crippen LogP contribution is -2.31. The molecule has 2 aromatic heterocycles. The summed E-state index contributed by atoms with van der Waals surface area (Å²) in [6.07, 6.45) is 4.73. The van der Waals surface area contributed by atoms with Crippen molar-refractivity contribution in [3.63, 3.8) is 0 Å². The maximum Gasteiger partial charge on any atom is 0.219 e. The van der Waals surface area contributed by atoms with E-state index >= 15 is 0 Å². The lowest BCUT2D eigenvalue weighted by molar-refractivity contribution is -0.130. The minimum absolute atomic E-state index is 0.00683. The van der Waals surface area contributed by atoms with E-state index in [4.69, 9.17) is 9.47 Å². The van der Waals surface area contributed by atoms with Gasteiger partial charge in [-0.25, -0.2) is 4.39 Å². The van der Waals surface area contributed by atoms with Gasteiger partial charge >= 0.3 is 0 Å². The first kappa shape index (κ1) is 27.0. The molecule has 0 radical (unpaired) electrons. The molecule has 1 aliphatic carbocycles. The van der Waals surface area contributed by atoms with E-state index in [1.54, 1.807) is 43.3 Å². The average molecular weight is 547 g/mol. The van der Waals surface area contributed by atoms with E-state index in [9.17, 15) is 14.0 Å². The smallest absolute Gasteiger partial charge is 0.219 e. The Morgan fingerprint density at radius 3 is 2.51 bits per heavy atom. The molecule has 2 aromatic carbocycles. The second-order valence-corrected chi connectivity index (χ2v) is 11.0. The molecule has 4 aromatic rings. The second-order valence-electron chi connectivity index (χ2n) is 9.99. The third-order valence-electron chi connectivity index (χ3n) is 6.83. The minimum Gasteiger partial charge on any atom is -0.453 e. The summed E-state index contributed by atoms with van der Waals surface area (Å²) >= 11 is 1.53. The van der Waals surface area contributed by atoms with E-state index in [1.165, 1.54) is 17.4 Å². The predicted octanol–water partition coefficient (Wildman–Crippen LogP) is 6.80. The number of fused-ring (bicyclic) bond motifs is 1. The number of thiophene rings is 1. The van der Waals surface area contributed by atoms with Gasteiger partial charge in [-0.05, 0) is 53.6 Å². The number of rotatable bonds is 12. The molecule has 8 heteroatoms. The number of hydrogen-bond acceptors (Lipinski definition) is 6. The van der Waals surface area contributed by atoms with Crippen LogP contribution in [0, 0.1) is 11.7 Å². The molecule has 6 nitrogen and oxygen atoms in total. The van der Waals surface area contributed by atoms with Gasteiger partial charge in [0.2, 0.25) is 5.91 Å². The number of Topliss-reactive ketones (excluding diaryl/α,β-unsaturated/α-hetero) is 1. The minimum atomic E-state index is -0.492. The first-order chi connectivity index (χ1) is 18.9. The highest BCUT2D eigenvalue weighted by molar-refractivity contribution is 7.22. The maximum atomic E-state index is 14.9. The number of amides is 1. The third-order valence-corrected chi connectivity index (χ3v) is 8.02. The molecule has 1 aliphatic rings. The number of pyridine rings is 1. The molecule has 0 aliphatic heterocycles. The zero-order valence-electron chi connectivity index (χ0n) is 22.1. The molecule has 0 unspecified atom stereocenters. The van der Waals surface area contributed by atoms with Crippen LogP contribution in [-0.2, 0) is 27.3 Å². The number of carbonyl (C=O) groups is 2. The number of carbonyl (C=O) groups excluding carboxylic acids is 2. The molecule has 1 amide bonds. The van der Waals surface area contributed by atoms with Crippen molar-refractivity contribution in [3.05, 3.63) is 77.7 Å². The number of ether oxygens (including phenoxy) is 2. The van der Waals surface area contributed by atoms with Crippen molar-refractivity contribution in [2.45, 2.75) is 39.2 Å². The van der Waals surface area contributed by atoms with Crippen LogP contribution in [0.2, 0.25) is 0 Å². The molecule has 0 spiro atoms. The highest BCUT2D eigenvalue weighted by Gasteiger charge is 2.24. The van der Waals surface area contributed by atoms with Gasteiger partial charge in [-0.15, -0.1) is 11.3 Å². The van der Waals surface area contributed by atoms with Crippen LogP contribution in [-0.4, -0.2) is 41.8 Å². The Kier molecular flexibility index (Phi) is 8.33. The SMILES string of the molecule is COCCN(Cc1ccc(-c2cc3nccc(Oc4ccc(CC(=O)CC5CC5)cc4F)c3s2)cc1)C(C)=O. The van der Waals surface area contributed by atoms with E-state index in [2.05, 4.69) is 4.98 Å². The molecule has 0 saturated heterocycles. The molecular weight excluding hydrogens is 515 g/mol. The van der Waals surface area contributed by atoms with Crippen LogP contribution in [0.3, 0.4) is 0 Å². The van der Waals surface area contributed by atoms with Crippen LogP contribution >= 0.6 is 11.3 Å². The number of hydrogen-bond donors (Lipinski definition) is 0. The number of methoxy groups -OCH3 is 1. The summed E-state index contributed by atoms with van der Waals surface area (Å²) in [5, 5.41) is 0. The summed E-state index contributed by atoms with van der Waals surface area (Å²) in [7, 11) is 1.62. The quantitative estimate of drug-likeness (QED) is 0.195. The first-order valence-electron chi connectivity index (χ1n) is 13.1. The lowest BCUT2D eigenvalue weighted by atomic mass is 10.0. The maximum absolute atomic E-state index is 14.9. The summed E-state index contributed by atoms with van der Waals surface area (Å²) < 4.78 is 26.8. The monoisotopic (exact) mass is 546 g/mol. The molecule has 1 saturated carbocycles. The Morgan fingerprint density at radius 1 is 1.05 bits per heavy atom. The van der Waals surface area contributed by atoms with Crippen molar-refractivity contribution >= 4 is 33.2 Å². The number of halogens is 1. The zero-order valence-corrected chi connectivity index (χ0v) is 22.9. The molecule has 0 N–H and O–H groups in total. The Balaban J connectivity index is 1.30. The Labute approximate surface area is 231 Å². The normalized spacial score (nSPS) is 13.0. The number of benzene rings is 2. The number of ketones is 1. The molecule has 2 heterocycles. The predicted molar refractivity (Wildman–Crippen MR) is 151 cm³/mol. The van der Waals surface area contributed by atoms with Crippen molar-refractivity contribution in [3.8, 4) is 21.9 Å². The highest BCUT2D eigenvalue weighted by Crippen LogP contribution is 2.40. The van der Waals surface area contributed by atoms with Crippen molar-refractivity contribution in [1.82, 2.24) is 9.88 Å². The van der Waals surface area contributed by atoms with Gasteiger partial charge in [0, 0.05) is 57.1 Å². The van der Waals surface area contributed by atoms with Gasteiger partial charge in [0.15, 0.2) is 11.6 Å². The van der Waals surface area contributed by atoms with Crippen molar-refractivity contribution in [2.24, 2.45) is 5.92 Å². The van der Waals surface area contributed by atoms with Crippen molar-refractivity contribution in [1.29, 1.82) is 0 Å². The molecule has 39 heavy (non-hydrogen) atoms. The van der Waals surface area contributed by atoms with E-state index in [-0.39, 0.29) is 23.9 Å². The second kappa shape index (κ2) is 12.1. The number of aromatic nitrogens is 1. The van der Waals surface area contributed by atoms with Gasteiger partial charge in [0.1, 0.15) is 11.5 Å². The van der Waals surface area contributed by atoms with Crippen molar-refractivity contribution in [2.75, 3.05) is 20.3 Å². The van der Waals surface area contributed by atoms with E-state index < -0.39 is 5.82 Å². The van der Waals surface area contributed by atoms with E-state index in [1.807, 2.05) is 30.3 Å². The summed E-state index contributed by atoms with van der Waals surface area (Å²) in [6, 6.07) is 16.5. The first-order valence-corrected chi connectivity index (χ1v) is 13.9. The lowest BCUT2D eigenvalue weighted by Gasteiger charge is -2.20. The summed E-state index contributed by atoms with van der Waals surface area (Å²) in [5.74, 6) is 0.837. The van der Waals surface area contributed by atoms with E-state index in [0.29, 0.717) is 43.3 Å². The fourth-order valence-corrected chi connectivity index (χ4v) is 5.55. The average Bonchev–Trinajstić information content (AvgIpc) is 3.61. The van der Waals surface area contributed by atoms with Gasteiger partial charge in [0.05, 0.1) is 16.8 Å². The van der Waals surface area contributed by atoms with Crippen LogP contribution < -0.4 is 4.74 Å². The molecule has 202 valence electrons. The standard InChI is InChI=1S/C31H31FN2O4S/c1-20(35)34(13-14-37-2)19-22-5-8-24(9-6-22)30-18-27-31(39-30)29(11-12-33-27)38-28-10-7-23(17-26(28)32)16-25(36)15-21-3-4-21/h5-12,17-18,21H,3-4,13-16,19H2,1-2H3. The summed E-state index contributed by atoms with van der Waals surface area (Å²) in [5.41, 5.74) is 3.48. The van der Waals surface area contributed by atoms with Crippen LogP contribution in [0.25, 0.3) is 20.7 Å². The molecular formula is C31H31FN2O4S. The Bertz CT molecular complexity index is 1480. The fourth-order valence-electron chi connectivity index (χ4n) is 4.48. The summed E-state index contributed by atoms with van der Waals surface area (Å²) in [4.78, 5) is 31.3. The van der Waals surface area contributed by atoms with Gasteiger partial charge in [-0.3, -0.25) is 14.6 Å². The van der Waals surface area contributed by atoms with Crippen LogP contribution in [0.4, 0.5) is 4.39 Å². The Morgan fingerprint density at radius 2 is 1.82 bits per heavy atom. The van der Waals surface area contributed by atoms with Gasteiger partial charge in [-0.1, -0.05) is 30.3 Å². The van der Waals surface area contributed by atoms with Crippen LogP contribution in [0.1, 0.15) is 37.3 Å². The molecule has 5 rings (SSSR count). The molecule has 1 fully saturated rings. The van der Waals surface area contributed by atoms with Crippen LogP contribution in [0.5, 0.6) is 11.5 Å². The Hall–Kier alpha value is -3.62. The van der Waals surface area contributed by atoms with Crippen molar-refractivity contribution < 1.29 is 23.5 Å². The number of nitrogens with zero attached hydrogens (tertiary/aromatic N) is 2. The van der Waals surface area contributed by atoms with Crippen LogP contribution in [0.15, 0.2) is 60.8 Å². The summed E-state index contributed by atoms with van der Waals surface area (Å²) in [6.45, 7) is 3.11. The topological polar surface area (TPSA) is 68.7 Å². The van der Waals surface area contributed by atoms with Gasteiger partial charge < -0.3 is 14.4 Å². The largest absolute Gasteiger partial charge is 0.453 e. The van der Waals surface area contributed by atoms with Gasteiger partial charge in [0.25, 0.3) is 0 Å². The fraction of sp³-hybridized carbons (Fsp3) is 0.323. The molecule has 0 atom stereocenters. The molecule has 0 bridgehead atoms. The highest BCUT2D eigenvalue weighted by atomic mass is 32.1. The van der Waals surface area contributed by atoms with E-state index in [0.717, 1.165) is 39.1 Å². The third kappa shape index (κ3) is 6.88. The van der Waals surface area contributed by atoms with Gasteiger partial charge in [-0.2, -0.15) is 0 Å². The zero-order chi connectivity index (χ0) is 27.4.